The van der Waals surface area contributed by atoms with E-state index in [1.807, 2.05) is 12.1 Å². The van der Waals surface area contributed by atoms with E-state index in [1.54, 1.807) is 17.4 Å². The summed E-state index contributed by atoms with van der Waals surface area (Å²) in [5.41, 5.74) is 8.24. The van der Waals surface area contributed by atoms with Gasteiger partial charge in [-0.1, -0.05) is 44.6 Å². The fourth-order valence-corrected chi connectivity index (χ4v) is 3.07. The fraction of sp³-hybridized carbons (Fsp3) is 0.286. The van der Waals surface area contributed by atoms with Crippen LogP contribution < -0.4 is 11.1 Å². The molecule has 0 saturated heterocycles. The Morgan fingerprint density at radius 1 is 1.40 bits per heavy atom. The second kappa shape index (κ2) is 5.68. The molecule has 0 atom stereocenters. The zero-order chi connectivity index (χ0) is 14.9. The number of nitrogens with zero attached hydrogens (tertiary/aromatic N) is 1. The first-order valence-electron chi connectivity index (χ1n) is 6.10. The van der Waals surface area contributed by atoms with Crippen LogP contribution >= 0.6 is 35.2 Å². The Hall–Kier alpha value is -1.17. The summed E-state index contributed by atoms with van der Waals surface area (Å²) in [5.74, 6) is 0. The van der Waals surface area contributed by atoms with Gasteiger partial charge in [0, 0.05) is 22.0 Å². The monoisotopic (exact) mass is 325 g/mol. The molecule has 0 amide bonds. The molecule has 0 aliphatic heterocycles. The molecular weight excluding hydrogens is 310 g/mol. The van der Waals surface area contributed by atoms with Crippen LogP contribution in [0, 0.1) is 0 Å². The standard InChI is InChI=1S/C14H16ClN3S2/c1-14(2,3)11-7-20-13(18-11)17-8-4-5-9(12(16)19)10(15)6-8/h4-7H,1-3H3,(H2,16,19)(H,17,18). The molecule has 3 nitrogen and oxygen atoms in total. The molecule has 106 valence electrons. The second-order valence-electron chi connectivity index (χ2n) is 5.47. The highest BCUT2D eigenvalue weighted by Crippen LogP contribution is 2.29. The van der Waals surface area contributed by atoms with Crippen molar-refractivity contribution in [2.45, 2.75) is 26.2 Å². The Kier molecular flexibility index (Phi) is 4.32. The Bertz CT molecular complexity index is 644. The maximum Gasteiger partial charge on any atom is 0.187 e. The minimum Gasteiger partial charge on any atom is -0.389 e. The number of rotatable bonds is 3. The van der Waals surface area contributed by atoms with Gasteiger partial charge in [-0.2, -0.15) is 0 Å². The number of nitrogens with two attached hydrogens (primary N) is 1. The smallest absolute Gasteiger partial charge is 0.187 e. The van der Waals surface area contributed by atoms with E-state index in [0.29, 0.717) is 15.6 Å². The maximum absolute atomic E-state index is 6.14. The average Bonchev–Trinajstić information content (AvgIpc) is 2.76. The Balaban J connectivity index is 2.20. The number of hydrogen-bond acceptors (Lipinski definition) is 4. The Labute approximate surface area is 133 Å². The van der Waals surface area contributed by atoms with Gasteiger partial charge in [0.1, 0.15) is 4.99 Å². The van der Waals surface area contributed by atoms with Gasteiger partial charge in [-0.05, 0) is 18.2 Å². The third-order valence-electron chi connectivity index (χ3n) is 2.76. The summed E-state index contributed by atoms with van der Waals surface area (Å²) in [7, 11) is 0. The lowest BCUT2D eigenvalue weighted by atomic mass is 9.93. The van der Waals surface area contributed by atoms with E-state index in [9.17, 15) is 0 Å². The van der Waals surface area contributed by atoms with E-state index >= 15 is 0 Å². The maximum atomic E-state index is 6.14. The Morgan fingerprint density at radius 2 is 2.10 bits per heavy atom. The lowest BCUT2D eigenvalue weighted by molar-refractivity contribution is 0.573. The van der Waals surface area contributed by atoms with E-state index in [2.05, 4.69) is 36.5 Å². The van der Waals surface area contributed by atoms with Crippen LogP contribution in [0.15, 0.2) is 23.6 Å². The average molecular weight is 326 g/mol. The van der Waals surface area contributed by atoms with Crippen molar-refractivity contribution in [1.82, 2.24) is 4.98 Å². The van der Waals surface area contributed by atoms with E-state index in [1.165, 1.54) is 0 Å². The molecule has 0 spiro atoms. The first kappa shape index (κ1) is 15.2. The molecule has 20 heavy (non-hydrogen) atoms. The molecule has 0 unspecified atom stereocenters. The van der Waals surface area contributed by atoms with Crippen LogP contribution in [0.5, 0.6) is 0 Å². The lowest BCUT2D eigenvalue weighted by Crippen LogP contribution is -2.11. The summed E-state index contributed by atoms with van der Waals surface area (Å²) in [6, 6.07) is 5.50. The van der Waals surface area contributed by atoms with Crippen molar-refractivity contribution in [1.29, 1.82) is 0 Å². The number of anilines is 2. The molecule has 1 aromatic heterocycles. The molecule has 0 aliphatic carbocycles. The molecule has 2 aromatic rings. The summed E-state index contributed by atoms with van der Waals surface area (Å²) in [4.78, 5) is 4.87. The predicted octanol–water partition coefficient (Wildman–Crippen LogP) is 4.47. The van der Waals surface area contributed by atoms with Gasteiger partial charge in [0.15, 0.2) is 5.13 Å². The fourth-order valence-electron chi connectivity index (χ4n) is 1.59. The molecule has 1 aromatic carbocycles. The van der Waals surface area contributed by atoms with Crippen LogP contribution in [0.2, 0.25) is 5.02 Å². The van der Waals surface area contributed by atoms with Gasteiger partial charge < -0.3 is 11.1 Å². The molecule has 3 N–H and O–H groups in total. The quantitative estimate of drug-likeness (QED) is 0.817. The predicted molar refractivity (Wildman–Crippen MR) is 91.4 cm³/mol. The largest absolute Gasteiger partial charge is 0.389 e. The third-order valence-corrected chi connectivity index (χ3v) is 4.05. The van der Waals surface area contributed by atoms with Crippen LogP contribution in [0.25, 0.3) is 0 Å². The van der Waals surface area contributed by atoms with Crippen molar-refractivity contribution in [3.63, 3.8) is 0 Å². The van der Waals surface area contributed by atoms with Gasteiger partial charge in [-0.25, -0.2) is 4.98 Å². The highest BCUT2D eigenvalue weighted by atomic mass is 35.5. The van der Waals surface area contributed by atoms with E-state index in [0.717, 1.165) is 16.5 Å². The van der Waals surface area contributed by atoms with E-state index < -0.39 is 0 Å². The van der Waals surface area contributed by atoms with Gasteiger partial charge in [0.2, 0.25) is 0 Å². The molecule has 2 rings (SSSR count). The van der Waals surface area contributed by atoms with Gasteiger partial charge in [-0.3, -0.25) is 0 Å². The summed E-state index contributed by atoms with van der Waals surface area (Å²) in [6.45, 7) is 6.42. The minimum atomic E-state index is 0.0453. The Morgan fingerprint density at radius 3 is 2.60 bits per heavy atom. The van der Waals surface area contributed by atoms with Crippen molar-refractivity contribution in [3.8, 4) is 0 Å². The van der Waals surface area contributed by atoms with Crippen LogP contribution in [0.1, 0.15) is 32.0 Å². The normalized spacial score (nSPS) is 11.4. The highest BCUT2D eigenvalue weighted by molar-refractivity contribution is 7.80. The molecule has 0 bridgehead atoms. The number of hydrogen-bond donors (Lipinski definition) is 2. The number of aromatic nitrogens is 1. The summed E-state index contributed by atoms with van der Waals surface area (Å²) < 4.78 is 0. The molecule has 6 heteroatoms. The van der Waals surface area contributed by atoms with Crippen molar-refractivity contribution in [3.05, 3.63) is 39.9 Å². The zero-order valence-electron chi connectivity index (χ0n) is 11.5. The summed E-state index contributed by atoms with van der Waals surface area (Å²) in [6.07, 6.45) is 0. The van der Waals surface area contributed by atoms with Gasteiger partial charge in [0.25, 0.3) is 0 Å². The summed E-state index contributed by atoms with van der Waals surface area (Å²) >= 11 is 12.6. The van der Waals surface area contributed by atoms with E-state index in [-0.39, 0.29) is 5.41 Å². The second-order valence-corrected chi connectivity index (χ2v) is 7.18. The van der Waals surface area contributed by atoms with Gasteiger partial charge in [0.05, 0.1) is 10.7 Å². The van der Waals surface area contributed by atoms with Gasteiger partial charge in [-0.15, -0.1) is 11.3 Å². The topological polar surface area (TPSA) is 50.9 Å². The molecular formula is C14H16ClN3S2. The molecule has 0 radical (unpaired) electrons. The van der Waals surface area contributed by atoms with Crippen LogP contribution in [0.4, 0.5) is 10.8 Å². The molecule has 0 saturated carbocycles. The van der Waals surface area contributed by atoms with E-state index in [4.69, 9.17) is 29.6 Å². The minimum absolute atomic E-state index is 0.0453. The first-order chi connectivity index (χ1) is 9.27. The first-order valence-corrected chi connectivity index (χ1v) is 7.76. The number of thiocarbonyl (C=S) groups is 1. The van der Waals surface area contributed by atoms with Crippen molar-refractivity contribution in [2.24, 2.45) is 5.73 Å². The molecule has 0 aliphatic rings. The summed E-state index contributed by atoms with van der Waals surface area (Å²) in [5, 5.41) is 6.68. The zero-order valence-corrected chi connectivity index (χ0v) is 13.9. The van der Waals surface area contributed by atoms with Crippen LogP contribution in [-0.2, 0) is 5.41 Å². The number of benzene rings is 1. The number of nitrogens with one attached hydrogen (secondary N) is 1. The molecule has 0 fully saturated rings. The van der Waals surface area contributed by atoms with Crippen LogP contribution in [0.3, 0.4) is 0 Å². The van der Waals surface area contributed by atoms with Crippen molar-refractivity contribution >= 4 is 51.0 Å². The SMILES string of the molecule is CC(C)(C)c1csc(Nc2ccc(C(N)=S)c(Cl)c2)n1. The van der Waals surface area contributed by atoms with Crippen molar-refractivity contribution < 1.29 is 0 Å². The van der Waals surface area contributed by atoms with Crippen LogP contribution in [-0.4, -0.2) is 9.97 Å². The highest BCUT2D eigenvalue weighted by Gasteiger charge is 2.17. The lowest BCUT2D eigenvalue weighted by Gasteiger charge is -2.14. The number of thiazole rings is 1. The third kappa shape index (κ3) is 3.48. The van der Waals surface area contributed by atoms with Gasteiger partial charge >= 0.3 is 0 Å². The van der Waals surface area contributed by atoms with Crippen molar-refractivity contribution in [2.75, 3.05) is 5.32 Å². The number of halogens is 1. The molecule has 1 heterocycles.